The maximum atomic E-state index is 12.3. The number of amidine groups is 1. The van der Waals surface area contributed by atoms with Gasteiger partial charge >= 0.3 is 6.09 Å². The van der Waals surface area contributed by atoms with E-state index < -0.39 is 5.60 Å². The molecule has 3 aliphatic heterocycles. The molecule has 0 aliphatic carbocycles. The summed E-state index contributed by atoms with van der Waals surface area (Å²) in [6, 6.07) is 2.19. The molecule has 4 heterocycles. The first kappa shape index (κ1) is 25.2. The van der Waals surface area contributed by atoms with Gasteiger partial charge in [0.15, 0.2) is 5.84 Å². The number of hydrogen-bond acceptors (Lipinski definition) is 10. The lowest BCUT2D eigenvalue weighted by Crippen LogP contribution is -2.64. The fourth-order valence-electron chi connectivity index (χ4n) is 4.62. The van der Waals surface area contributed by atoms with Gasteiger partial charge < -0.3 is 35.3 Å². The highest BCUT2D eigenvalue weighted by atomic mass is 16.6. The zero-order valence-electron chi connectivity index (χ0n) is 21.4. The zero-order valence-corrected chi connectivity index (χ0v) is 21.4. The Bertz CT molecular complexity index is 921. The van der Waals surface area contributed by atoms with Gasteiger partial charge in [-0.25, -0.2) is 9.78 Å². The van der Waals surface area contributed by atoms with Crippen molar-refractivity contribution in [3.05, 3.63) is 11.8 Å². The van der Waals surface area contributed by atoms with Crippen LogP contribution in [0.4, 0.5) is 16.6 Å². The van der Waals surface area contributed by atoms with E-state index in [1.54, 1.807) is 11.0 Å². The van der Waals surface area contributed by atoms with E-state index in [-0.39, 0.29) is 11.9 Å². The Hall–Kier alpha value is -2.86. The number of piperazine rings is 1. The van der Waals surface area contributed by atoms with Crippen LogP contribution in [0.15, 0.2) is 11.2 Å². The molecule has 0 saturated carbocycles. The third-order valence-electron chi connectivity index (χ3n) is 6.74. The normalized spacial score (nSPS) is 21.6. The molecule has 194 valence electrons. The second-order valence-corrected chi connectivity index (χ2v) is 10.6. The maximum absolute atomic E-state index is 12.3. The summed E-state index contributed by atoms with van der Waals surface area (Å²) in [5.41, 5.74) is 5.86. The number of carbonyl (C=O) groups excluding carboxylic acids is 1. The third kappa shape index (κ3) is 6.23. The van der Waals surface area contributed by atoms with Gasteiger partial charge in [0.05, 0.1) is 0 Å². The molecule has 1 aromatic rings. The van der Waals surface area contributed by atoms with Crippen molar-refractivity contribution >= 4 is 23.7 Å². The molecular formula is C23H39N9O3. The molecular weight excluding hydrogens is 450 g/mol. The Morgan fingerprint density at radius 2 is 1.77 bits per heavy atom. The van der Waals surface area contributed by atoms with Crippen molar-refractivity contribution in [1.82, 2.24) is 24.7 Å². The van der Waals surface area contributed by atoms with E-state index in [0.29, 0.717) is 30.8 Å². The number of amides is 1. The lowest BCUT2D eigenvalue weighted by atomic mass is 10.1. The Labute approximate surface area is 207 Å². The summed E-state index contributed by atoms with van der Waals surface area (Å²) in [7, 11) is 2.12. The third-order valence-corrected chi connectivity index (χ3v) is 6.74. The summed E-state index contributed by atoms with van der Waals surface area (Å²) in [6.45, 7) is 14.0. The number of carbonyl (C=O) groups is 1. The molecule has 4 rings (SSSR count). The lowest BCUT2D eigenvalue weighted by Gasteiger charge is -2.48. The maximum Gasteiger partial charge on any atom is 0.410 e. The Kier molecular flexibility index (Phi) is 7.50. The number of hydrogen-bond donors (Lipinski definition) is 2. The number of anilines is 2. The molecule has 0 atom stereocenters. The molecule has 3 aliphatic rings. The van der Waals surface area contributed by atoms with E-state index in [1.807, 2.05) is 20.8 Å². The van der Waals surface area contributed by atoms with Crippen molar-refractivity contribution in [2.75, 3.05) is 82.3 Å². The lowest BCUT2D eigenvalue weighted by molar-refractivity contribution is 0.00874. The molecule has 3 saturated heterocycles. The quantitative estimate of drug-likeness (QED) is 0.266. The molecule has 35 heavy (non-hydrogen) atoms. The van der Waals surface area contributed by atoms with Crippen LogP contribution in [-0.2, 0) is 4.74 Å². The van der Waals surface area contributed by atoms with Gasteiger partial charge in [-0.15, -0.1) is 0 Å². The minimum absolute atomic E-state index is 0.0165. The van der Waals surface area contributed by atoms with E-state index >= 15 is 0 Å². The van der Waals surface area contributed by atoms with Crippen LogP contribution >= 0.6 is 0 Å². The van der Waals surface area contributed by atoms with E-state index in [9.17, 15) is 10.0 Å². The fraction of sp³-hybridized carbons (Fsp3) is 0.739. The Morgan fingerprint density at radius 3 is 2.43 bits per heavy atom. The van der Waals surface area contributed by atoms with Gasteiger partial charge in [-0.1, -0.05) is 5.16 Å². The molecule has 12 nitrogen and oxygen atoms in total. The summed E-state index contributed by atoms with van der Waals surface area (Å²) >= 11 is 0. The molecule has 0 radical (unpaired) electrons. The number of ether oxygens (including phenoxy) is 1. The zero-order chi connectivity index (χ0) is 25.2. The standard InChI is InChI=1S/C23H39N9O3/c1-23(2,3)35-22(33)31-12-10-29(11-13-31)17-15-32(16-17)19-14-18(20(24)27-34)25-21(26-19)30-7-5-6-28(4)8-9-30/h14,17,34H,5-13,15-16H2,1-4H3,(H2,24,27). The fourth-order valence-corrected chi connectivity index (χ4v) is 4.62. The Balaban J connectivity index is 1.38. The smallest absolute Gasteiger partial charge is 0.410 e. The van der Waals surface area contributed by atoms with Crippen LogP contribution in [0.25, 0.3) is 0 Å². The number of aromatic nitrogens is 2. The summed E-state index contributed by atoms with van der Waals surface area (Å²) in [5.74, 6) is 1.39. The molecule has 0 unspecified atom stereocenters. The number of oxime groups is 1. The number of rotatable bonds is 4. The van der Waals surface area contributed by atoms with Crippen molar-refractivity contribution in [3.8, 4) is 0 Å². The average molecular weight is 490 g/mol. The number of likely N-dealkylation sites (N-methyl/N-ethyl adjacent to an activating group) is 1. The molecule has 3 N–H and O–H groups in total. The predicted octanol–water partition coefficient (Wildman–Crippen LogP) is 0.454. The molecule has 1 amide bonds. The van der Waals surface area contributed by atoms with Gasteiger partial charge in [-0.05, 0) is 40.8 Å². The van der Waals surface area contributed by atoms with Crippen LogP contribution in [0.1, 0.15) is 32.9 Å². The van der Waals surface area contributed by atoms with Gasteiger partial charge in [0, 0.05) is 71.0 Å². The van der Waals surface area contributed by atoms with E-state index in [0.717, 1.165) is 64.6 Å². The van der Waals surface area contributed by atoms with Crippen LogP contribution in [0, 0.1) is 0 Å². The summed E-state index contributed by atoms with van der Waals surface area (Å²) in [5, 5.41) is 12.4. The molecule has 1 aromatic heterocycles. The van der Waals surface area contributed by atoms with Crippen LogP contribution in [0.2, 0.25) is 0 Å². The van der Waals surface area contributed by atoms with Crippen molar-refractivity contribution in [3.63, 3.8) is 0 Å². The van der Waals surface area contributed by atoms with Crippen molar-refractivity contribution in [1.29, 1.82) is 0 Å². The Morgan fingerprint density at radius 1 is 1.06 bits per heavy atom. The van der Waals surface area contributed by atoms with Crippen molar-refractivity contribution in [2.45, 2.75) is 38.8 Å². The minimum Gasteiger partial charge on any atom is -0.444 e. The van der Waals surface area contributed by atoms with Gasteiger partial charge in [0.25, 0.3) is 0 Å². The highest BCUT2D eigenvalue weighted by Gasteiger charge is 2.36. The van der Waals surface area contributed by atoms with Crippen LogP contribution in [-0.4, -0.2) is 126 Å². The van der Waals surface area contributed by atoms with E-state index in [4.69, 9.17) is 15.5 Å². The minimum atomic E-state index is -0.481. The predicted molar refractivity (Wildman–Crippen MR) is 134 cm³/mol. The molecule has 3 fully saturated rings. The summed E-state index contributed by atoms with van der Waals surface area (Å²) in [6.07, 6.45) is 0.792. The highest BCUT2D eigenvalue weighted by molar-refractivity contribution is 5.96. The SMILES string of the molecule is CN1CCCN(c2nc(/C(N)=N/O)cc(N3CC(N4CCN(C(=O)OC(C)(C)C)CC4)C3)n2)CC1. The highest BCUT2D eigenvalue weighted by Crippen LogP contribution is 2.26. The first-order valence-electron chi connectivity index (χ1n) is 12.4. The van der Waals surface area contributed by atoms with Crippen LogP contribution in [0.5, 0.6) is 0 Å². The van der Waals surface area contributed by atoms with Crippen LogP contribution in [0.3, 0.4) is 0 Å². The molecule has 0 aromatic carbocycles. The largest absolute Gasteiger partial charge is 0.444 e. The summed E-state index contributed by atoms with van der Waals surface area (Å²) < 4.78 is 5.50. The first-order valence-corrected chi connectivity index (χ1v) is 12.4. The first-order chi connectivity index (χ1) is 16.6. The van der Waals surface area contributed by atoms with Crippen molar-refractivity contribution in [2.24, 2.45) is 10.9 Å². The summed E-state index contributed by atoms with van der Waals surface area (Å²) in [4.78, 5) is 32.7. The average Bonchev–Trinajstić information content (AvgIpc) is 3.01. The van der Waals surface area contributed by atoms with Crippen LogP contribution < -0.4 is 15.5 Å². The number of nitrogens with zero attached hydrogens (tertiary/aromatic N) is 8. The van der Waals surface area contributed by atoms with Gasteiger partial charge in [-0.2, -0.15) is 4.98 Å². The molecule has 12 heteroatoms. The monoisotopic (exact) mass is 489 g/mol. The second kappa shape index (κ2) is 10.4. The van der Waals surface area contributed by atoms with Gasteiger partial charge in [0.2, 0.25) is 5.95 Å². The molecule has 0 spiro atoms. The van der Waals surface area contributed by atoms with Gasteiger partial charge in [0.1, 0.15) is 17.1 Å². The molecule has 0 bridgehead atoms. The topological polar surface area (TPSA) is 127 Å². The number of nitrogens with two attached hydrogens (primary N) is 1. The van der Waals surface area contributed by atoms with Crippen molar-refractivity contribution < 1.29 is 14.7 Å². The van der Waals surface area contributed by atoms with E-state index in [2.05, 4.69) is 36.8 Å². The second-order valence-electron chi connectivity index (χ2n) is 10.6. The van der Waals surface area contributed by atoms with E-state index in [1.165, 1.54) is 0 Å². The van der Waals surface area contributed by atoms with Gasteiger partial charge in [-0.3, -0.25) is 4.90 Å².